The van der Waals surface area contributed by atoms with Gasteiger partial charge in [-0.05, 0) is 24.6 Å². The topological polar surface area (TPSA) is 101 Å². The molecule has 0 atom stereocenters. The summed E-state index contributed by atoms with van der Waals surface area (Å²) in [4.78, 5) is 22.4. The predicted molar refractivity (Wildman–Crippen MR) is 130 cm³/mol. The van der Waals surface area contributed by atoms with Gasteiger partial charge in [-0.25, -0.2) is 18.4 Å². The summed E-state index contributed by atoms with van der Waals surface area (Å²) >= 11 is 2.72. The molecule has 2 aromatic carbocycles. The molecule has 2 N–H and O–H groups in total. The summed E-state index contributed by atoms with van der Waals surface area (Å²) in [6.07, 6.45) is 1.79. The average molecular weight is 485 g/mol. The van der Waals surface area contributed by atoms with E-state index in [4.69, 9.17) is 0 Å². The lowest BCUT2D eigenvalue weighted by molar-refractivity contribution is 0.103. The Labute approximate surface area is 194 Å². The maximum Gasteiger partial charge on any atom is 0.269 e. The Kier molecular flexibility index (Phi) is 6.35. The number of hydrogen-bond acceptors (Lipinski definition) is 7. The number of benzene rings is 2. The van der Waals surface area contributed by atoms with Gasteiger partial charge in [-0.15, -0.1) is 22.7 Å². The zero-order valence-corrected chi connectivity index (χ0v) is 19.8. The Bertz CT molecular complexity index is 1340. The van der Waals surface area contributed by atoms with E-state index >= 15 is 0 Å². The second-order valence-corrected chi connectivity index (χ2v) is 10.8. The van der Waals surface area contributed by atoms with Gasteiger partial charge in [0, 0.05) is 23.1 Å². The Morgan fingerprint density at radius 3 is 2.44 bits per heavy atom. The van der Waals surface area contributed by atoms with Crippen molar-refractivity contribution in [2.24, 2.45) is 0 Å². The first kappa shape index (κ1) is 22.1. The SMILES string of the molecule is Cc1nc(Cc2ccccc2)sc1C(=O)Nc1nc(-c2ccc(NS(C)(=O)=O)cc2)cs1. The Morgan fingerprint density at radius 2 is 1.75 bits per heavy atom. The number of hydrogen-bond donors (Lipinski definition) is 2. The van der Waals surface area contributed by atoms with Gasteiger partial charge in [0.25, 0.3) is 5.91 Å². The maximum atomic E-state index is 12.8. The van der Waals surface area contributed by atoms with Gasteiger partial charge in [0.15, 0.2) is 5.13 Å². The molecule has 7 nitrogen and oxygen atoms in total. The van der Waals surface area contributed by atoms with Crippen LogP contribution in [0.5, 0.6) is 0 Å². The van der Waals surface area contributed by atoms with Crippen LogP contribution in [0.15, 0.2) is 60.0 Å². The zero-order chi connectivity index (χ0) is 22.7. The van der Waals surface area contributed by atoms with E-state index in [9.17, 15) is 13.2 Å². The van der Waals surface area contributed by atoms with E-state index in [0.29, 0.717) is 33.5 Å². The minimum Gasteiger partial charge on any atom is -0.297 e. The second kappa shape index (κ2) is 9.19. The third kappa shape index (κ3) is 5.58. The number of nitrogens with one attached hydrogen (secondary N) is 2. The molecule has 2 aromatic heterocycles. The van der Waals surface area contributed by atoms with Crippen molar-refractivity contribution in [2.45, 2.75) is 13.3 Å². The molecule has 0 aliphatic rings. The first-order valence-electron chi connectivity index (χ1n) is 9.62. The number of thiazole rings is 2. The smallest absolute Gasteiger partial charge is 0.269 e. The maximum absolute atomic E-state index is 12.8. The van der Waals surface area contributed by atoms with Crippen molar-refractivity contribution in [3.8, 4) is 11.3 Å². The van der Waals surface area contributed by atoms with E-state index in [2.05, 4.69) is 20.0 Å². The standard InChI is InChI=1S/C22H20N4O3S3/c1-14-20(31-19(23-14)12-15-6-4-3-5-7-15)21(27)25-22-24-18(13-30-22)16-8-10-17(11-9-16)26-32(2,28)29/h3-11,13,26H,12H2,1-2H3,(H,24,25,27). The molecule has 0 saturated carbocycles. The summed E-state index contributed by atoms with van der Waals surface area (Å²) < 4.78 is 25.1. The number of carbonyl (C=O) groups is 1. The van der Waals surface area contributed by atoms with Crippen molar-refractivity contribution in [1.82, 2.24) is 9.97 Å². The number of anilines is 2. The molecule has 0 saturated heterocycles. The van der Waals surface area contributed by atoms with E-state index in [0.717, 1.165) is 22.4 Å². The minimum atomic E-state index is -3.33. The predicted octanol–water partition coefficient (Wildman–Crippen LogP) is 4.79. The molecule has 0 aliphatic carbocycles. The van der Waals surface area contributed by atoms with E-state index in [1.54, 1.807) is 24.3 Å². The molecule has 4 rings (SSSR count). The van der Waals surface area contributed by atoms with E-state index in [1.165, 1.54) is 22.7 Å². The molecule has 0 fully saturated rings. The van der Waals surface area contributed by atoms with Gasteiger partial charge >= 0.3 is 0 Å². The molecular formula is C22H20N4O3S3. The largest absolute Gasteiger partial charge is 0.297 e. The highest BCUT2D eigenvalue weighted by Crippen LogP contribution is 2.28. The number of rotatable bonds is 7. The van der Waals surface area contributed by atoms with Gasteiger partial charge in [-0.2, -0.15) is 0 Å². The summed E-state index contributed by atoms with van der Waals surface area (Å²) in [5.41, 5.74) is 3.84. The summed E-state index contributed by atoms with van der Waals surface area (Å²) in [6, 6.07) is 16.9. The monoisotopic (exact) mass is 484 g/mol. The van der Waals surface area contributed by atoms with Crippen LogP contribution < -0.4 is 10.0 Å². The highest BCUT2D eigenvalue weighted by atomic mass is 32.2. The van der Waals surface area contributed by atoms with Crippen molar-refractivity contribution in [1.29, 1.82) is 0 Å². The third-order valence-corrected chi connectivity index (χ3v) is 6.97. The highest BCUT2D eigenvalue weighted by Gasteiger charge is 2.17. The Balaban J connectivity index is 1.44. The Hall–Kier alpha value is -3.08. The van der Waals surface area contributed by atoms with E-state index < -0.39 is 10.0 Å². The first-order chi connectivity index (χ1) is 15.3. The lowest BCUT2D eigenvalue weighted by atomic mass is 10.1. The van der Waals surface area contributed by atoms with E-state index in [1.807, 2.05) is 42.6 Å². The fourth-order valence-corrected chi connectivity index (χ4v) is 5.32. The van der Waals surface area contributed by atoms with Gasteiger partial charge in [0.1, 0.15) is 4.88 Å². The van der Waals surface area contributed by atoms with Gasteiger partial charge in [-0.3, -0.25) is 14.8 Å². The molecule has 0 spiro atoms. The zero-order valence-electron chi connectivity index (χ0n) is 17.3. The molecular weight excluding hydrogens is 464 g/mol. The van der Waals surface area contributed by atoms with Crippen LogP contribution in [-0.4, -0.2) is 30.5 Å². The lowest BCUT2D eigenvalue weighted by Crippen LogP contribution is -2.11. The van der Waals surface area contributed by atoms with Crippen LogP contribution in [0, 0.1) is 6.92 Å². The molecule has 0 aliphatic heterocycles. The van der Waals surface area contributed by atoms with Gasteiger partial charge in [0.05, 0.1) is 22.7 Å². The molecule has 0 radical (unpaired) electrons. The van der Waals surface area contributed by atoms with Crippen LogP contribution in [0.2, 0.25) is 0 Å². The molecule has 2 heterocycles. The fraction of sp³-hybridized carbons (Fsp3) is 0.136. The van der Waals surface area contributed by atoms with Crippen LogP contribution in [0.25, 0.3) is 11.3 Å². The van der Waals surface area contributed by atoms with Gasteiger partial charge in [-0.1, -0.05) is 42.5 Å². The summed E-state index contributed by atoms with van der Waals surface area (Å²) in [5.74, 6) is -0.229. The lowest BCUT2D eigenvalue weighted by Gasteiger charge is -2.04. The van der Waals surface area contributed by atoms with E-state index in [-0.39, 0.29) is 5.91 Å². The number of aromatic nitrogens is 2. The van der Waals surface area contributed by atoms with Crippen LogP contribution in [0.3, 0.4) is 0 Å². The molecule has 4 aromatic rings. The van der Waals surface area contributed by atoms with Crippen molar-refractivity contribution in [3.63, 3.8) is 0 Å². The number of carbonyl (C=O) groups excluding carboxylic acids is 1. The molecule has 1 amide bonds. The third-order valence-electron chi connectivity index (χ3n) is 4.45. The first-order valence-corrected chi connectivity index (χ1v) is 13.2. The van der Waals surface area contributed by atoms with Crippen LogP contribution >= 0.6 is 22.7 Å². The summed E-state index contributed by atoms with van der Waals surface area (Å²) in [6.45, 7) is 1.83. The number of amides is 1. The molecule has 0 bridgehead atoms. The minimum absolute atomic E-state index is 0.229. The van der Waals surface area contributed by atoms with Gasteiger partial charge < -0.3 is 0 Å². The molecule has 0 unspecified atom stereocenters. The van der Waals surface area contributed by atoms with Crippen molar-refractivity contribution in [2.75, 3.05) is 16.3 Å². The van der Waals surface area contributed by atoms with Crippen molar-refractivity contribution >= 4 is 49.4 Å². The quantitative estimate of drug-likeness (QED) is 0.393. The molecule has 32 heavy (non-hydrogen) atoms. The van der Waals surface area contributed by atoms with Crippen LogP contribution in [-0.2, 0) is 16.4 Å². The van der Waals surface area contributed by atoms with Crippen LogP contribution in [0.1, 0.15) is 25.9 Å². The molecule has 164 valence electrons. The van der Waals surface area contributed by atoms with Gasteiger partial charge in [0.2, 0.25) is 10.0 Å². The van der Waals surface area contributed by atoms with Crippen molar-refractivity contribution < 1.29 is 13.2 Å². The average Bonchev–Trinajstić information content (AvgIpc) is 3.34. The molecule has 10 heteroatoms. The Morgan fingerprint density at radius 1 is 1.03 bits per heavy atom. The number of sulfonamides is 1. The number of aryl methyl sites for hydroxylation is 1. The normalized spacial score (nSPS) is 11.3. The second-order valence-electron chi connectivity index (χ2n) is 7.13. The van der Waals surface area contributed by atoms with Crippen molar-refractivity contribution in [3.05, 3.63) is 81.1 Å². The highest BCUT2D eigenvalue weighted by molar-refractivity contribution is 7.92. The number of nitrogens with zero attached hydrogens (tertiary/aromatic N) is 2. The fourth-order valence-electron chi connectivity index (χ4n) is 3.05. The summed E-state index contributed by atoms with van der Waals surface area (Å²) in [5, 5.41) is 6.08. The van der Waals surface area contributed by atoms with Crippen LogP contribution in [0.4, 0.5) is 10.8 Å². The summed E-state index contributed by atoms with van der Waals surface area (Å²) in [7, 11) is -3.33.